The molecule has 0 bridgehead atoms. The monoisotopic (exact) mass is 239 g/mol. The van der Waals surface area contributed by atoms with Crippen molar-refractivity contribution >= 4 is 23.4 Å². The number of aliphatic hydroxyl groups excluding tert-OH is 1. The third kappa shape index (κ3) is 2.01. The van der Waals surface area contributed by atoms with Gasteiger partial charge in [-0.2, -0.15) is 0 Å². The first kappa shape index (κ1) is 11.3. The van der Waals surface area contributed by atoms with E-state index in [4.69, 9.17) is 5.11 Å². The van der Waals surface area contributed by atoms with Gasteiger partial charge in [0, 0.05) is 4.90 Å². The second-order valence-electron chi connectivity index (χ2n) is 3.67. The van der Waals surface area contributed by atoms with Crippen LogP contribution in [0.25, 0.3) is 0 Å². The zero-order valence-corrected chi connectivity index (χ0v) is 9.62. The highest BCUT2D eigenvalue weighted by molar-refractivity contribution is 8.00. The van der Waals surface area contributed by atoms with Gasteiger partial charge in [0.1, 0.15) is 6.23 Å². The van der Waals surface area contributed by atoms with Gasteiger partial charge in [-0.3, -0.25) is 0 Å². The maximum absolute atomic E-state index is 10.8. The summed E-state index contributed by atoms with van der Waals surface area (Å²) in [5, 5.41) is 21.7. The molecule has 0 saturated heterocycles. The summed E-state index contributed by atoms with van der Waals surface area (Å²) in [6.07, 6.45) is 0.241. The van der Waals surface area contributed by atoms with Crippen LogP contribution in [0, 0.1) is 0 Å². The predicted molar refractivity (Wildman–Crippen MR) is 63.0 cm³/mol. The topological polar surface area (TPSA) is 69.6 Å². The van der Waals surface area contributed by atoms with Crippen LogP contribution in [-0.2, 0) is 0 Å². The number of carboxylic acids is 1. The lowest BCUT2D eigenvalue weighted by atomic mass is 10.2. The fraction of sp³-hybridized carbons (Fsp3) is 0.364. The van der Waals surface area contributed by atoms with E-state index < -0.39 is 12.2 Å². The molecule has 2 unspecified atom stereocenters. The van der Waals surface area contributed by atoms with Crippen LogP contribution in [-0.4, -0.2) is 27.7 Å². The van der Waals surface area contributed by atoms with Crippen molar-refractivity contribution in [1.82, 2.24) is 0 Å². The highest BCUT2D eigenvalue weighted by Gasteiger charge is 2.26. The highest BCUT2D eigenvalue weighted by atomic mass is 32.2. The Morgan fingerprint density at radius 3 is 2.94 bits per heavy atom. The Morgan fingerprint density at radius 1 is 1.56 bits per heavy atom. The molecular formula is C11H13NO3S. The molecular weight excluding hydrogens is 226 g/mol. The number of hydrogen-bond acceptors (Lipinski definition) is 4. The standard InChI is InChI=1S/C11H13NO3S/c1-2-8-10(13)12-7-5-6(11(14)15)3-4-9(7)16-8/h3-5,8,10,12-13H,2H2,1H3,(H,14,15). The van der Waals surface area contributed by atoms with E-state index in [1.165, 1.54) is 0 Å². The van der Waals surface area contributed by atoms with E-state index in [9.17, 15) is 9.90 Å². The normalized spacial score (nSPS) is 23.4. The molecule has 16 heavy (non-hydrogen) atoms. The molecule has 5 heteroatoms. The van der Waals surface area contributed by atoms with Gasteiger partial charge in [-0.15, -0.1) is 11.8 Å². The molecule has 2 atom stereocenters. The van der Waals surface area contributed by atoms with Crippen molar-refractivity contribution in [3.05, 3.63) is 23.8 Å². The van der Waals surface area contributed by atoms with Gasteiger partial charge >= 0.3 is 5.97 Å². The van der Waals surface area contributed by atoms with Gasteiger partial charge in [-0.1, -0.05) is 6.92 Å². The van der Waals surface area contributed by atoms with Crippen LogP contribution in [0.5, 0.6) is 0 Å². The van der Waals surface area contributed by atoms with Gasteiger partial charge in [0.2, 0.25) is 0 Å². The van der Waals surface area contributed by atoms with Gasteiger partial charge in [0.15, 0.2) is 0 Å². The molecule has 1 aliphatic rings. The summed E-state index contributed by atoms with van der Waals surface area (Å²) < 4.78 is 0. The molecule has 0 spiro atoms. The van der Waals surface area contributed by atoms with Gasteiger partial charge in [-0.05, 0) is 24.6 Å². The molecule has 0 fully saturated rings. The molecule has 0 amide bonds. The third-order valence-corrected chi connectivity index (χ3v) is 4.07. The molecule has 0 radical (unpaired) electrons. The fourth-order valence-electron chi connectivity index (χ4n) is 1.66. The van der Waals surface area contributed by atoms with Crippen LogP contribution >= 0.6 is 11.8 Å². The number of carbonyl (C=O) groups is 1. The Kier molecular flexibility index (Phi) is 3.07. The summed E-state index contributed by atoms with van der Waals surface area (Å²) in [6.45, 7) is 2.01. The van der Waals surface area contributed by atoms with E-state index in [1.807, 2.05) is 6.92 Å². The average Bonchev–Trinajstić information content (AvgIpc) is 2.27. The molecule has 1 aromatic rings. The minimum absolute atomic E-state index is 0.114. The average molecular weight is 239 g/mol. The van der Waals surface area contributed by atoms with Crippen LogP contribution < -0.4 is 5.32 Å². The van der Waals surface area contributed by atoms with Gasteiger partial charge in [-0.25, -0.2) is 4.79 Å². The van der Waals surface area contributed by atoms with Crippen molar-refractivity contribution < 1.29 is 15.0 Å². The number of fused-ring (bicyclic) bond motifs is 1. The summed E-state index contributed by atoms with van der Waals surface area (Å²) in [5.41, 5.74) is 0.927. The number of anilines is 1. The molecule has 0 aromatic heterocycles. The minimum Gasteiger partial charge on any atom is -0.478 e. The van der Waals surface area contributed by atoms with Crippen molar-refractivity contribution in [1.29, 1.82) is 0 Å². The van der Waals surface area contributed by atoms with E-state index in [-0.39, 0.29) is 10.8 Å². The number of carboxylic acid groups (broad SMARTS) is 1. The Bertz CT molecular complexity index is 422. The Balaban J connectivity index is 2.32. The molecule has 1 heterocycles. The Morgan fingerprint density at radius 2 is 2.31 bits per heavy atom. The van der Waals surface area contributed by atoms with Gasteiger partial charge in [0.25, 0.3) is 0 Å². The van der Waals surface area contributed by atoms with Gasteiger partial charge < -0.3 is 15.5 Å². The van der Waals surface area contributed by atoms with E-state index in [2.05, 4.69) is 5.32 Å². The highest BCUT2D eigenvalue weighted by Crippen LogP contribution is 2.38. The van der Waals surface area contributed by atoms with E-state index in [0.29, 0.717) is 5.69 Å². The van der Waals surface area contributed by atoms with Crippen molar-refractivity contribution in [3.8, 4) is 0 Å². The molecule has 0 saturated carbocycles. The fourth-order valence-corrected chi connectivity index (χ4v) is 2.75. The smallest absolute Gasteiger partial charge is 0.335 e. The predicted octanol–water partition coefficient (Wildman–Crippen LogP) is 2.00. The van der Waals surface area contributed by atoms with E-state index in [0.717, 1.165) is 11.3 Å². The summed E-state index contributed by atoms with van der Waals surface area (Å²) in [5.74, 6) is -0.957. The Hall–Kier alpha value is -1.20. The third-order valence-electron chi connectivity index (χ3n) is 2.56. The maximum Gasteiger partial charge on any atom is 0.335 e. The molecule has 0 aliphatic carbocycles. The minimum atomic E-state index is -0.957. The lowest BCUT2D eigenvalue weighted by Gasteiger charge is -2.30. The molecule has 4 nitrogen and oxygen atoms in total. The van der Waals surface area contributed by atoms with Crippen molar-refractivity contribution in [2.75, 3.05) is 5.32 Å². The molecule has 1 aromatic carbocycles. The van der Waals surface area contributed by atoms with Crippen molar-refractivity contribution in [2.24, 2.45) is 0 Å². The van der Waals surface area contributed by atoms with E-state index >= 15 is 0 Å². The summed E-state index contributed by atoms with van der Waals surface area (Å²) in [4.78, 5) is 11.8. The zero-order valence-electron chi connectivity index (χ0n) is 8.80. The summed E-state index contributed by atoms with van der Waals surface area (Å²) >= 11 is 1.58. The second-order valence-corrected chi connectivity index (χ2v) is 4.95. The van der Waals surface area contributed by atoms with Crippen LogP contribution in [0.2, 0.25) is 0 Å². The lowest BCUT2D eigenvalue weighted by molar-refractivity contribution is 0.0696. The SMILES string of the molecule is CCC1Sc2ccc(C(=O)O)cc2NC1O. The van der Waals surface area contributed by atoms with Crippen LogP contribution in [0.4, 0.5) is 5.69 Å². The quantitative estimate of drug-likeness (QED) is 0.736. The molecule has 3 N–H and O–H groups in total. The summed E-state index contributed by atoms with van der Waals surface area (Å²) in [7, 11) is 0. The largest absolute Gasteiger partial charge is 0.478 e. The first-order chi connectivity index (χ1) is 7.61. The zero-order chi connectivity index (χ0) is 11.7. The van der Waals surface area contributed by atoms with Crippen molar-refractivity contribution in [2.45, 2.75) is 29.7 Å². The molecule has 1 aliphatic heterocycles. The van der Waals surface area contributed by atoms with E-state index in [1.54, 1.807) is 30.0 Å². The van der Waals surface area contributed by atoms with Crippen molar-refractivity contribution in [3.63, 3.8) is 0 Å². The Labute approximate surface area is 97.7 Å². The number of aromatic carboxylic acids is 1. The number of benzene rings is 1. The maximum atomic E-state index is 10.8. The molecule has 86 valence electrons. The van der Waals surface area contributed by atoms with Crippen LogP contribution in [0.15, 0.2) is 23.1 Å². The van der Waals surface area contributed by atoms with Gasteiger partial charge in [0.05, 0.1) is 16.5 Å². The lowest BCUT2D eigenvalue weighted by Crippen LogP contribution is -2.33. The first-order valence-electron chi connectivity index (χ1n) is 5.10. The summed E-state index contributed by atoms with van der Waals surface area (Å²) in [6, 6.07) is 4.92. The van der Waals surface area contributed by atoms with Crippen LogP contribution in [0.3, 0.4) is 0 Å². The first-order valence-corrected chi connectivity index (χ1v) is 5.98. The van der Waals surface area contributed by atoms with Crippen LogP contribution in [0.1, 0.15) is 23.7 Å². The second kappa shape index (κ2) is 4.35. The number of hydrogen-bond donors (Lipinski definition) is 3. The number of aliphatic hydroxyl groups is 1. The molecule has 2 rings (SSSR count). The number of rotatable bonds is 2. The number of thioether (sulfide) groups is 1. The number of nitrogens with one attached hydrogen (secondary N) is 1.